The van der Waals surface area contributed by atoms with Crippen molar-refractivity contribution in [3.63, 3.8) is 0 Å². The van der Waals surface area contributed by atoms with E-state index >= 15 is 0 Å². The van der Waals surface area contributed by atoms with Crippen molar-refractivity contribution in [1.29, 1.82) is 0 Å². The number of ketones is 1. The SMILES string of the molecule is C[C@H](Oc1cccc(C(=O)/C=C/c2cnn(C)c2)c1)C(=O)O. The second-order valence-electron chi connectivity index (χ2n) is 4.77. The largest absolute Gasteiger partial charge is 0.479 e. The molecule has 6 heteroatoms. The van der Waals surface area contributed by atoms with Crippen molar-refractivity contribution in [2.45, 2.75) is 13.0 Å². The summed E-state index contributed by atoms with van der Waals surface area (Å²) in [5, 5.41) is 12.8. The summed E-state index contributed by atoms with van der Waals surface area (Å²) in [6, 6.07) is 6.43. The van der Waals surface area contributed by atoms with Gasteiger partial charge in [-0.15, -0.1) is 0 Å². The smallest absolute Gasteiger partial charge is 0.344 e. The number of ether oxygens (including phenoxy) is 1. The second-order valence-corrected chi connectivity index (χ2v) is 4.77. The highest BCUT2D eigenvalue weighted by atomic mass is 16.5. The van der Waals surface area contributed by atoms with Crippen LogP contribution in [-0.2, 0) is 11.8 Å². The first kappa shape index (κ1) is 15.5. The molecule has 1 atom stereocenters. The minimum atomic E-state index is -1.06. The lowest BCUT2D eigenvalue weighted by atomic mass is 10.1. The molecule has 2 aromatic rings. The molecule has 1 heterocycles. The number of aliphatic carboxylic acids is 1. The lowest BCUT2D eigenvalue weighted by molar-refractivity contribution is -0.144. The van der Waals surface area contributed by atoms with Crippen molar-refractivity contribution in [2.75, 3.05) is 0 Å². The second kappa shape index (κ2) is 6.71. The summed E-state index contributed by atoms with van der Waals surface area (Å²) >= 11 is 0. The number of hydrogen-bond donors (Lipinski definition) is 1. The number of rotatable bonds is 6. The highest BCUT2D eigenvalue weighted by Gasteiger charge is 2.13. The quantitative estimate of drug-likeness (QED) is 0.653. The van der Waals surface area contributed by atoms with Crippen LogP contribution < -0.4 is 4.74 Å². The molecule has 0 fully saturated rings. The standard InChI is InChI=1S/C16H16N2O4/c1-11(16(20)21)22-14-5-3-4-13(8-14)15(19)7-6-12-9-17-18(2)10-12/h3-11H,1-2H3,(H,20,21)/b7-6+/t11-/m0/s1. The predicted molar refractivity (Wildman–Crippen MR) is 80.7 cm³/mol. The highest BCUT2D eigenvalue weighted by Crippen LogP contribution is 2.16. The van der Waals surface area contributed by atoms with E-state index < -0.39 is 12.1 Å². The molecule has 0 saturated heterocycles. The Balaban J connectivity index is 2.10. The van der Waals surface area contributed by atoms with Crippen LogP contribution in [0.3, 0.4) is 0 Å². The molecule has 0 unspecified atom stereocenters. The summed E-state index contributed by atoms with van der Waals surface area (Å²) in [6.45, 7) is 1.43. The third kappa shape index (κ3) is 4.05. The maximum Gasteiger partial charge on any atom is 0.344 e. The van der Waals surface area contributed by atoms with E-state index in [9.17, 15) is 9.59 Å². The molecule has 2 rings (SSSR count). The van der Waals surface area contributed by atoms with Gasteiger partial charge in [-0.25, -0.2) is 4.79 Å². The Kier molecular flexibility index (Phi) is 4.73. The van der Waals surface area contributed by atoms with Gasteiger partial charge in [-0.1, -0.05) is 12.1 Å². The molecule has 1 aromatic carbocycles. The molecule has 0 bridgehead atoms. The van der Waals surface area contributed by atoms with E-state index in [1.165, 1.54) is 19.1 Å². The fourth-order valence-corrected chi connectivity index (χ4v) is 1.77. The number of nitrogens with zero attached hydrogens (tertiary/aromatic N) is 2. The molecule has 0 spiro atoms. The van der Waals surface area contributed by atoms with Gasteiger partial charge < -0.3 is 9.84 Å². The highest BCUT2D eigenvalue weighted by molar-refractivity contribution is 6.07. The molecule has 0 aliphatic heterocycles. The van der Waals surface area contributed by atoms with Gasteiger partial charge in [0.15, 0.2) is 11.9 Å². The number of carbonyl (C=O) groups is 2. The Morgan fingerprint density at radius 3 is 2.82 bits per heavy atom. The number of allylic oxidation sites excluding steroid dienone is 1. The van der Waals surface area contributed by atoms with Gasteiger partial charge in [0.2, 0.25) is 0 Å². The van der Waals surface area contributed by atoms with Gasteiger partial charge >= 0.3 is 5.97 Å². The number of carboxylic acids is 1. The van der Waals surface area contributed by atoms with E-state index in [0.29, 0.717) is 11.3 Å². The van der Waals surface area contributed by atoms with Gasteiger partial charge in [0.1, 0.15) is 5.75 Å². The van der Waals surface area contributed by atoms with Crippen LogP contribution in [0.25, 0.3) is 6.08 Å². The molecular formula is C16H16N2O4. The van der Waals surface area contributed by atoms with Crippen LogP contribution >= 0.6 is 0 Å². The van der Waals surface area contributed by atoms with Gasteiger partial charge in [0, 0.05) is 24.4 Å². The Morgan fingerprint density at radius 2 is 2.18 bits per heavy atom. The third-order valence-corrected chi connectivity index (χ3v) is 2.93. The first-order valence-corrected chi connectivity index (χ1v) is 6.66. The topological polar surface area (TPSA) is 81.4 Å². The van der Waals surface area contributed by atoms with Crippen LogP contribution in [0.15, 0.2) is 42.7 Å². The van der Waals surface area contributed by atoms with Crippen LogP contribution in [0.2, 0.25) is 0 Å². The zero-order chi connectivity index (χ0) is 16.1. The summed E-state index contributed by atoms with van der Waals surface area (Å²) in [7, 11) is 1.80. The van der Waals surface area contributed by atoms with Crippen LogP contribution in [0.1, 0.15) is 22.8 Å². The van der Waals surface area contributed by atoms with Crippen molar-refractivity contribution >= 4 is 17.8 Å². The molecular weight excluding hydrogens is 284 g/mol. The van der Waals surface area contributed by atoms with E-state index in [2.05, 4.69) is 5.10 Å². The minimum absolute atomic E-state index is 0.197. The van der Waals surface area contributed by atoms with Gasteiger partial charge in [-0.05, 0) is 31.2 Å². The molecule has 0 aliphatic carbocycles. The third-order valence-electron chi connectivity index (χ3n) is 2.93. The molecule has 114 valence electrons. The molecule has 6 nitrogen and oxygen atoms in total. The number of benzene rings is 1. The Hall–Kier alpha value is -2.89. The fourth-order valence-electron chi connectivity index (χ4n) is 1.77. The summed E-state index contributed by atoms with van der Waals surface area (Å²) in [6.07, 6.45) is 5.58. The van der Waals surface area contributed by atoms with Gasteiger partial charge in [-0.3, -0.25) is 9.48 Å². The van der Waals surface area contributed by atoms with Crippen molar-refractivity contribution in [1.82, 2.24) is 9.78 Å². The van der Waals surface area contributed by atoms with Crippen LogP contribution in [0.4, 0.5) is 0 Å². The van der Waals surface area contributed by atoms with Gasteiger partial charge in [0.25, 0.3) is 0 Å². The molecule has 0 amide bonds. The van der Waals surface area contributed by atoms with Crippen LogP contribution in [0, 0.1) is 0 Å². The Bertz CT molecular complexity index is 718. The van der Waals surface area contributed by atoms with Gasteiger partial charge in [0.05, 0.1) is 6.20 Å². The lowest BCUT2D eigenvalue weighted by Crippen LogP contribution is -2.22. The van der Waals surface area contributed by atoms with Crippen LogP contribution in [-0.4, -0.2) is 32.7 Å². The lowest BCUT2D eigenvalue weighted by Gasteiger charge is -2.10. The number of aromatic nitrogens is 2. The summed E-state index contributed by atoms with van der Waals surface area (Å²) in [4.78, 5) is 22.9. The number of aryl methyl sites for hydroxylation is 1. The zero-order valence-corrected chi connectivity index (χ0v) is 12.3. The molecule has 0 saturated carbocycles. The van der Waals surface area contributed by atoms with Gasteiger partial charge in [-0.2, -0.15) is 5.10 Å². The molecule has 0 aliphatic rings. The van der Waals surface area contributed by atoms with E-state index in [1.54, 1.807) is 48.4 Å². The monoisotopic (exact) mass is 300 g/mol. The Labute approximate surface area is 127 Å². The summed E-state index contributed by atoms with van der Waals surface area (Å²) < 4.78 is 6.89. The maximum absolute atomic E-state index is 12.1. The van der Waals surface area contributed by atoms with Crippen molar-refractivity contribution in [3.8, 4) is 5.75 Å². The first-order valence-electron chi connectivity index (χ1n) is 6.66. The van der Waals surface area contributed by atoms with E-state index in [-0.39, 0.29) is 5.78 Å². The van der Waals surface area contributed by atoms with Crippen LogP contribution in [0.5, 0.6) is 5.75 Å². The number of hydrogen-bond acceptors (Lipinski definition) is 4. The molecule has 1 aromatic heterocycles. The molecule has 0 radical (unpaired) electrons. The summed E-state index contributed by atoms with van der Waals surface area (Å²) in [5.74, 6) is -0.916. The fraction of sp³-hybridized carbons (Fsp3) is 0.188. The van der Waals surface area contributed by atoms with Crippen molar-refractivity contribution in [2.24, 2.45) is 7.05 Å². The summed E-state index contributed by atoms with van der Waals surface area (Å²) in [5.41, 5.74) is 1.25. The zero-order valence-electron chi connectivity index (χ0n) is 12.3. The average Bonchev–Trinajstić information content (AvgIpc) is 2.90. The normalized spacial score (nSPS) is 12.3. The predicted octanol–water partition coefficient (Wildman–Crippen LogP) is 2.17. The average molecular weight is 300 g/mol. The van der Waals surface area contributed by atoms with E-state index in [1.807, 2.05) is 0 Å². The number of carbonyl (C=O) groups excluding carboxylic acids is 1. The Morgan fingerprint density at radius 1 is 1.41 bits per heavy atom. The number of carboxylic acid groups (broad SMARTS) is 1. The van der Waals surface area contributed by atoms with Crippen molar-refractivity contribution < 1.29 is 19.4 Å². The minimum Gasteiger partial charge on any atom is -0.479 e. The van der Waals surface area contributed by atoms with E-state index in [4.69, 9.17) is 9.84 Å². The molecule has 1 N–H and O–H groups in total. The maximum atomic E-state index is 12.1. The first-order chi connectivity index (χ1) is 10.5. The van der Waals surface area contributed by atoms with Crippen molar-refractivity contribution in [3.05, 3.63) is 53.9 Å². The van der Waals surface area contributed by atoms with E-state index in [0.717, 1.165) is 5.56 Å². The molecule has 22 heavy (non-hydrogen) atoms.